The van der Waals surface area contributed by atoms with E-state index in [1.807, 2.05) is 0 Å². The average Bonchev–Trinajstić information content (AvgIpc) is 2.23. The van der Waals surface area contributed by atoms with Crippen molar-refractivity contribution >= 4 is 5.91 Å². The maximum atomic E-state index is 13.2. The van der Waals surface area contributed by atoms with Gasteiger partial charge < -0.3 is 5.32 Å². The highest BCUT2D eigenvalue weighted by atomic mass is 19.1. The molecule has 2 nitrogen and oxygen atoms in total. The highest BCUT2D eigenvalue weighted by molar-refractivity contribution is 5.94. The van der Waals surface area contributed by atoms with E-state index in [1.54, 1.807) is 0 Å². The van der Waals surface area contributed by atoms with E-state index in [0.717, 1.165) is 25.0 Å². The molecule has 0 aliphatic rings. The summed E-state index contributed by atoms with van der Waals surface area (Å²) in [6.45, 7) is 4.71. The summed E-state index contributed by atoms with van der Waals surface area (Å²) in [5.74, 6) is -1.43. The summed E-state index contributed by atoms with van der Waals surface area (Å²) in [5.41, 5.74) is -0.115. The summed E-state index contributed by atoms with van der Waals surface area (Å²) in [4.78, 5) is 11.5. The Bertz CT molecular complexity index is 391. The molecule has 1 aromatic carbocycles. The Kier molecular flexibility index (Phi) is 5.07. The van der Waals surface area contributed by atoms with Gasteiger partial charge in [0, 0.05) is 12.6 Å². The van der Waals surface area contributed by atoms with E-state index < -0.39 is 17.5 Å². The second-order valence-corrected chi connectivity index (χ2v) is 4.42. The lowest BCUT2D eigenvalue weighted by Crippen LogP contribution is -2.25. The van der Waals surface area contributed by atoms with Gasteiger partial charge in [0.2, 0.25) is 0 Å². The Morgan fingerprint density at radius 1 is 1.35 bits per heavy atom. The zero-order chi connectivity index (χ0) is 12.8. The third kappa shape index (κ3) is 4.51. The van der Waals surface area contributed by atoms with E-state index in [2.05, 4.69) is 19.2 Å². The molecule has 0 aliphatic heterocycles. The summed E-state index contributed by atoms with van der Waals surface area (Å²) in [7, 11) is 0. The minimum Gasteiger partial charge on any atom is -0.352 e. The van der Waals surface area contributed by atoms with Crippen molar-refractivity contribution in [2.75, 3.05) is 6.54 Å². The van der Waals surface area contributed by atoms with Gasteiger partial charge in [-0.3, -0.25) is 4.79 Å². The van der Waals surface area contributed by atoms with Crippen molar-refractivity contribution in [3.63, 3.8) is 0 Å². The largest absolute Gasteiger partial charge is 0.352 e. The Balaban J connectivity index is 2.47. The SMILES string of the molecule is CC(C)CCCNC(=O)c1ccc(F)cc1F. The van der Waals surface area contributed by atoms with Crippen molar-refractivity contribution in [2.24, 2.45) is 5.92 Å². The summed E-state index contributed by atoms with van der Waals surface area (Å²) in [6, 6.07) is 2.94. The van der Waals surface area contributed by atoms with Gasteiger partial charge in [0.25, 0.3) is 5.91 Å². The van der Waals surface area contributed by atoms with Crippen LogP contribution >= 0.6 is 0 Å². The van der Waals surface area contributed by atoms with Crippen LogP contribution in [-0.4, -0.2) is 12.5 Å². The Morgan fingerprint density at radius 2 is 2.06 bits per heavy atom. The molecule has 1 N–H and O–H groups in total. The molecule has 0 heterocycles. The second-order valence-electron chi connectivity index (χ2n) is 4.42. The van der Waals surface area contributed by atoms with E-state index >= 15 is 0 Å². The number of benzene rings is 1. The summed E-state index contributed by atoms with van der Waals surface area (Å²) >= 11 is 0. The number of carbonyl (C=O) groups is 1. The maximum Gasteiger partial charge on any atom is 0.254 e. The molecule has 0 bridgehead atoms. The molecule has 0 saturated heterocycles. The van der Waals surface area contributed by atoms with Gasteiger partial charge in [-0.1, -0.05) is 13.8 Å². The smallest absolute Gasteiger partial charge is 0.254 e. The van der Waals surface area contributed by atoms with Gasteiger partial charge in [-0.2, -0.15) is 0 Å². The van der Waals surface area contributed by atoms with E-state index in [9.17, 15) is 13.6 Å². The van der Waals surface area contributed by atoms with E-state index in [0.29, 0.717) is 18.5 Å². The quantitative estimate of drug-likeness (QED) is 0.788. The molecular weight excluding hydrogens is 224 g/mol. The first-order chi connectivity index (χ1) is 8.00. The van der Waals surface area contributed by atoms with Crippen LogP contribution in [0.5, 0.6) is 0 Å². The third-order valence-corrected chi connectivity index (χ3v) is 2.42. The fraction of sp³-hybridized carbons (Fsp3) is 0.462. The van der Waals surface area contributed by atoms with Gasteiger partial charge in [0.15, 0.2) is 0 Å². The van der Waals surface area contributed by atoms with Crippen LogP contribution in [0.3, 0.4) is 0 Å². The third-order valence-electron chi connectivity index (χ3n) is 2.42. The number of hydrogen-bond acceptors (Lipinski definition) is 1. The number of amides is 1. The van der Waals surface area contributed by atoms with Crippen molar-refractivity contribution < 1.29 is 13.6 Å². The molecule has 0 radical (unpaired) electrons. The van der Waals surface area contributed by atoms with Crippen LogP contribution in [0.1, 0.15) is 37.0 Å². The monoisotopic (exact) mass is 241 g/mol. The summed E-state index contributed by atoms with van der Waals surface area (Å²) in [6.07, 6.45) is 1.86. The molecule has 1 amide bonds. The number of rotatable bonds is 5. The first-order valence-electron chi connectivity index (χ1n) is 5.74. The molecular formula is C13H17F2NO. The van der Waals surface area contributed by atoms with Crippen LogP contribution in [0.15, 0.2) is 18.2 Å². The number of nitrogens with one attached hydrogen (secondary N) is 1. The Labute approximate surface area is 100 Å². The zero-order valence-corrected chi connectivity index (χ0v) is 10.1. The fourth-order valence-corrected chi connectivity index (χ4v) is 1.48. The van der Waals surface area contributed by atoms with Crippen LogP contribution in [-0.2, 0) is 0 Å². The number of carbonyl (C=O) groups excluding carboxylic acids is 1. The minimum absolute atomic E-state index is 0.115. The standard InChI is InChI=1S/C13H17F2NO/c1-9(2)4-3-7-16-13(17)11-6-5-10(14)8-12(11)15/h5-6,8-9H,3-4,7H2,1-2H3,(H,16,17). The zero-order valence-electron chi connectivity index (χ0n) is 10.1. The highest BCUT2D eigenvalue weighted by Crippen LogP contribution is 2.09. The molecule has 4 heteroatoms. The Morgan fingerprint density at radius 3 is 2.65 bits per heavy atom. The fourth-order valence-electron chi connectivity index (χ4n) is 1.48. The number of hydrogen-bond donors (Lipinski definition) is 1. The topological polar surface area (TPSA) is 29.1 Å². The predicted molar refractivity (Wildman–Crippen MR) is 62.8 cm³/mol. The van der Waals surface area contributed by atoms with Gasteiger partial charge in [-0.05, 0) is 30.9 Å². The second kappa shape index (κ2) is 6.33. The molecule has 0 aromatic heterocycles. The van der Waals surface area contributed by atoms with Crippen LogP contribution < -0.4 is 5.32 Å². The van der Waals surface area contributed by atoms with E-state index in [-0.39, 0.29) is 5.56 Å². The lowest BCUT2D eigenvalue weighted by molar-refractivity contribution is 0.0948. The highest BCUT2D eigenvalue weighted by Gasteiger charge is 2.11. The van der Waals surface area contributed by atoms with Crippen molar-refractivity contribution in [3.8, 4) is 0 Å². The molecule has 0 saturated carbocycles. The molecule has 0 spiro atoms. The van der Waals surface area contributed by atoms with Crippen LogP contribution in [0.4, 0.5) is 8.78 Å². The molecule has 1 rings (SSSR count). The molecule has 17 heavy (non-hydrogen) atoms. The molecule has 0 aliphatic carbocycles. The Hall–Kier alpha value is -1.45. The first-order valence-corrected chi connectivity index (χ1v) is 5.74. The van der Waals surface area contributed by atoms with Crippen LogP contribution in [0.2, 0.25) is 0 Å². The van der Waals surface area contributed by atoms with E-state index in [1.165, 1.54) is 0 Å². The van der Waals surface area contributed by atoms with Crippen molar-refractivity contribution in [1.29, 1.82) is 0 Å². The van der Waals surface area contributed by atoms with Crippen molar-refractivity contribution in [2.45, 2.75) is 26.7 Å². The van der Waals surface area contributed by atoms with Crippen LogP contribution in [0.25, 0.3) is 0 Å². The van der Waals surface area contributed by atoms with Gasteiger partial charge in [0.05, 0.1) is 5.56 Å². The van der Waals surface area contributed by atoms with Gasteiger partial charge in [-0.25, -0.2) is 8.78 Å². The van der Waals surface area contributed by atoms with Gasteiger partial charge in [-0.15, -0.1) is 0 Å². The lowest BCUT2D eigenvalue weighted by atomic mass is 10.1. The molecule has 0 unspecified atom stereocenters. The minimum atomic E-state index is -0.827. The molecule has 0 atom stereocenters. The maximum absolute atomic E-state index is 13.2. The van der Waals surface area contributed by atoms with Gasteiger partial charge in [0.1, 0.15) is 11.6 Å². The molecule has 1 aromatic rings. The number of halogens is 2. The normalized spacial score (nSPS) is 10.6. The summed E-state index contributed by atoms with van der Waals surface area (Å²) < 4.78 is 25.9. The summed E-state index contributed by atoms with van der Waals surface area (Å²) in [5, 5.41) is 2.61. The van der Waals surface area contributed by atoms with E-state index in [4.69, 9.17) is 0 Å². The van der Waals surface area contributed by atoms with Crippen LogP contribution in [0, 0.1) is 17.6 Å². The molecule has 94 valence electrons. The first kappa shape index (κ1) is 13.6. The van der Waals surface area contributed by atoms with Crippen molar-refractivity contribution in [1.82, 2.24) is 5.32 Å². The lowest BCUT2D eigenvalue weighted by Gasteiger charge is -2.07. The van der Waals surface area contributed by atoms with Gasteiger partial charge >= 0.3 is 0 Å². The predicted octanol–water partition coefficient (Wildman–Crippen LogP) is 3.13. The average molecular weight is 241 g/mol. The van der Waals surface area contributed by atoms with Crippen molar-refractivity contribution in [3.05, 3.63) is 35.4 Å². The molecule has 0 fully saturated rings.